The lowest BCUT2D eigenvalue weighted by atomic mass is 9.93. The summed E-state index contributed by atoms with van der Waals surface area (Å²) in [6.07, 6.45) is 10.1. The molecule has 0 radical (unpaired) electrons. The molecular formula is C24H28N6O3. The zero-order valence-electron chi connectivity index (χ0n) is 18.8. The summed E-state index contributed by atoms with van der Waals surface area (Å²) in [6.45, 7) is 3.27. The molecule has 1 aliphatic heterocycles. The van der Waals surface area contributed by atoms with Crippen molar-refractivity contribution in [2.75, 3.05) is 25.5 Å². The van der Waals surface area contributed by atoms with E-state index in [-0.39, 0.29) is 11.8 Å². The van der Waals surface area contributed by atoms with Crippen LogP contribution in [0.2, 0.25) is 0 Å². The van der Waals surface area contributed by atoms with Gasteiger partial charge in [0.1, 0.15) is 23.1 Å². The highest BCUT2D eigenvalue weighted by Crippen LogP contribution is 2.28. The number of piperidine rings is 1. The van der Waals surface area contributed by atoms with Gasteiger partial charge >= 0.3 is 0 Å². The molecular weight excluding hydrogens is 420 g/mol. The second kappa shape index (κ2) is 10.7. The first-order chi connectivity index (χ1) is 16.2. The second-order valence-corrected chi connectivity index (χ2v) is 7.84. The summed E-state index contributed by atoms with van der Waals surface area (Å²) in [5.74, 6) is 2.84. The molecule has 3 aromatic rings. The molecule has 1 aliphatic rings. The maximum atomic E-state index is 13.1. The Morgan fingerprint density at radius 1 is 1.12 bits per heavy atom. The molecule has 2 aromatic heterocycles. The lowest BCUT2D eigenvalue weighted by molar-refractivity contribution is -0.140. The summed E-state index contributed by atoms with van der Waals surface area (Å²) in [5.41, 5.74) is 0.913. The number of likely N-dealkylation sites (tertiary alicyclic amines) is 1. The maximum Gasteiger partial charge on any atom is 0.263 e. The number of nitrogens with one attached hydrogen (secondary N) is 1. The largest absolute Gasteiger partial charge is 0.497 e. The van der Waals surface area contributed by atoms with E-state index in [1.165, 1.54) is 0 Å². The fourth-order valence-corrected chi connectivity index (χ4v) is 3.88. The molecule has 1 atom stereocenters. The van der Waals surface area contributed by atoms with Crippen LogP contribution in [0.15, 0.2) is 55.2 Å². The highest BCUT2D eigenvalue weighted by Gasteiger charge is 2.30. The quantitative estimate of drug-likeness (QED) is 0.558. The number of rotatable bonds is 8. The van der Waals surface area contributed by atoms with Gasteiger partial charge in [-0.15, -0.1) is 0 Å². The number of carbonyl (C=O) groups excluding carboxylic acids is 1. The SMILES string of the molecule is CC[C@@H](Oc1cccc(OC)c1)C(=O)N1CCC(c2cncc(Nc3cnccn3)n2)CC1. The van der Waals surface area contributed by atoms with E-state index in [0.29, 0.717) is 42.6 Å². The predicted molar refractivity (Wildman–Crippen MR) is 124 cm³/mol. The Morgan fingerprint density at radius 2 is 1.91 bits per heavy atom. The minimum Gasteiger partial charge on any atom is -0.497 e. The number of benzene rings is 1. The van der Waals surface area contributed by atoms with Crippen LogP contribution in [0.3, 0.4) is 0 Å². The van der Waals surface area contributed by atoms with Gasteiger partial charge in [-0.25, -0.2) is 9.97 Å². The average Bonchev–Trinajstić information content (AvgIpc) is 2.88. The minimum absolute atomic E-state index is 0.0166. The molecule has 0 aliphatic carbocycles. The third kappa shape index (κ3) is 5.74. The van der Waals surface area contributed by atoms with Crippen molar-refractivity contribution in [3.8, 4) is 11.5 Å². The van der Waals surface area contributed by atoms with Crippen molar-refractivity contribution in [1.82, 2.24) is 24.8 Å². The fraction of sp³-hybridized carbons (Fsp3) is 0.375. The van der Waals surface area contributed by atoms with E-state index in [0.717, 1.165) is 18.5 Å². The van der Waals surface area contributed by atoms with Crippen molar-refractivity contribution in [3.05, 3.63) is 60.9 Å². The van der Waals surface area contributed by atoms with Gasteiger partial charge in [-0.1, -0.05) is 13.0 Å². The molecule has 9 heteroatoms. The first-order valence-corrected chi connectivity index (χ1v) is 11.1. The van der Waals surface area contributed by atoms with Gasteiger partial charge < -0.3 is 19.7 Å². The van der Waals surface area contributed by atoms with Gasteiger partial charge in [0.25, 0.3) is 5.91 Å². The Kier molecular flexibility index (Phi) is 7.29. The zero-order valence-corrected chi connectivity index (χ0v) is 18.8. The van der Waals surface area contributed by atoms with E-state index in [2.05, 4.69) is 20.3 Å². The van der Waals surface area contributed by atoms with Crippen LogP contribution < -0.4 is 14.8 Å². The molecule has 9 nitrogen and oxygen atoms in total. The predicted octanol–water partition coefficient (Wildman–Crippen LogP) is 3.58. The number of anilines is 2. The summed E-state index contributed by atoms with van der Waals surface area (Å²) >= 11 is 0. The second-order valence-electron chi connectivity index (χ2n) is 7.84. The standard InChI is InChI=1S/C24H28N6O3/c1-3-21(33-19-6-4-5-18(13-19)32-2)24(31)30-11-7-17(8-12-30)20-14-26-16-23(28-20)29-22-15-25-9-10-27-22/h4-6,9-10,13-17,21H,3,7-8,11-12H2,1-2H3,(H,27,28,29)/t21-/m1/s1. The van der Waals surface area contributed by atoms with E-state index in [4.69, 9.17) is 14.5 Å². The Hall–Kier alpha value is -3.75. The first kappa shape index (κ1) is 22.4. The van der Waals surface area contributed by atoms with E-state index in [1.807, 2.05) is 30.0 Å². The molecule has 0 bridgehead atoms. The third-order valence-corrected chi connectivity index (χ3v) is 5.66. The highest BCUT2D eigenvalue weighted by molar-refractivity contribution is 5.81. The van der Waals surface area contributed by atoms with Crippen LogP contribution in [0, 0.1) is 0 Å². The van der Waals surface area contributed by atoms with Crippen molar-refractivity contribution in [2.45, 2.75) is 38.2 Å². The summed E-state index contributed by atoms with van der Waals surface area (Å²) < 4.78 is 11.2. The van der Waals surface area contributed by atoms with Crippen LogP contribution in [0.5, 0.6) is 11.5 Å². The number of aromatic nitrogens is 4. The molecule has 0 unspecified atom stereocenters. The molecule has 1 N–H and O–H groups in total. The van der Waals surface area contributed by atoms with Gasteiger partial charge in [-0.2, -0.15) is 0 Å². The maximum absolute atomic E-state index is 13.1. The Balaban J connectivity index is 1.35. The Bertz CT molecular complexity index is 1060. The number of nitrogens with zero attached hydrogens (tertiary/aromatic N) is 5. The number of amides is 1. The molecule has 0 spiro atoms. The van der Waals surface area contributed by atoms with Crippen LogP contribution in [-0.2, 0) is 4.79 Å². The normalized spacial score (nSPS) is 15.0. The molecule has 1 aromatic carbocycles. The van der Waals surface area contributed by atoms with Crippen molar-refractivity contribution in [2.24, 2.45) is 0 Å². The summed E-state index contributed by atoms with van der Waals surface area (Å²) in [4.78, 5) is 32.3. The topological polar surface area (TPSA) is 102 Å². The first-order valence-electron chi connectivity index (χ1n) is 11.1. The molecule has 172 valence electrons. The van der Waals surface area contributed by atoms with Gasteiger partial charge in [-0.3, -0.25) is 14.8 Å². The minimum atomic E-state index is -0.520. The number of carbonyl (C=O) groups is 1. The van der Waals surface area contributed by atoms with E-state index in [1.54, 1.807) is 44.2 Å². The van der Waals surface area contributed by atoms with Crippen molar-refractivity contribution in [3.63, 3.8) is 0 Å². The van der Waals surface area contributed by atoms with Crippen molar-refractivity contribution < 1.29 is 14.3 Å². The van der Waals surface area contributed by atoms with E-state index < -0.39 is 6.10 Å². The highest BCUT2D eigenvalue weighted by atomic mass is 16.5. The number of methoxy groups -OCH3 is 1. The van der Waals surface area contributed by atoms with Gasteiger partial charge in [0.15, 0.2) is 6.10 Å². The molecule has 3 heterocycles. The number of hydrogen-bond acceptors (Lipinski definition) is 8. The molecule has 1 amide bonds. The van der Waals surface area contributed by atoms with Crippen LogP contribution in [-0.4, -0.2) is 57.0 Å². The monoisotopic (exact) mass is 448 g/mol. The number of hydrogen-bond donors (Lipinski definition) is 1. The Labute approximate surface area is 193 Å². The van der Waals surface area contributed by atoms with Crippen LogP contribution in [0.4, 0.5) is 11.6 Å². The van der Waals surface area contributed by atoms with Crippen LogP contribution in [0.1, 0.15) is 37.8 Å². The lowest BCUT2D eigenvalue weighted by Crippen LogP contribution is -2.45. The molecule has 1 saturated heterocycles. The summed E-state index contributed by atoms with van der Waals surface area (Å²) in [6, 6.07) is 7.33. The van der Waals surface area contributed by atoms with Gasteiger partial charge in [0, 0.05) is 43.7 Å². The van der Waals surface area contributed by atoms with Gasteiger partial charge in [0.05, 0.1) is 25.2 Å². The van der Waals surface area contributed by atoms with Crippen molar-refractivity contribution >= 4 is 17.5 Å². The summed E-state index contributed by atoms with van der Waals surface area (Å²) in [7, 11) is 1.61. The average molecular weight is 449 g/mol. The van der Waals surface area contributed by atoms with Crippen LogP contribution in [0.25, 0.3) is 0 Å². The molecule has 4 rings (SSSR count). The van der Waals surface area contributed by atoms with Gasteiger partial charge in [0.2, 0.25) is 0 Å². The third-order valence-electron chi connectivity index (χ3n) is 5.66. The molecule has 33 heavy (non-hydrogen) atoms. The van der Waals surface area contributed by atoms with Crippen molar-refractivity contribution in [1.29, 1.82) is 0 Å². The van der Waals surface area contributed by atoms with E-state index in [9.17, 15) is 4.79 Å². The van der Waals surface area contributed by atoms with E-state index >= 15 is 0 Å². The zero-order chi connectivity index (χ0) is 23.0. The van der Waals surface area contributed by atoms with Gasteiger partial charge in [-0.05, 0) is 31.4 Å². The molecule has 1 fully saturated rings. The fourth-order valence-electron chi connectivity index (χ4n) is 3.88. The summed E-state index contributed by atoms with van der Waals surface area (Å²) in [5, 5.41) is 3.13. The Morgan fingerprint density at radius 3 is 2.64 bits per heavy atom. The lowest BCUT2D eigenvalue weighted by Gasteiger charge is -2.33. The smallest absolute Gasteiger partial charge is 0.263 e. The molecule has 0 saturated carbocycles. The number of ether oxygens (including phenoxy) is 2. The van der Waals surface area contributed by atoms with Crippen LogP contribution >= 0.6 is 0 Å².